The van der Waals surface area contributed by atoms with Gasteiger partial charge in [0.05, 0.1) is 10.6 Å². The highest BCUT2D eigenvalue weighted by Gasteiger charge is 2.35. The second-order valence-electron chi connectivity index (χ2n) is 11.5. The van der Waals surface area contributed by atoms with Gasteiger partial charge in [-0.2, -0.15) is 0 Å². The number of hydrogen-bond donors (Lipinski definition) is 1. The number of nitrogens with one attached hydrogen (secondary N) is 1. The van der Waals surface area contributed by atoms with Crippen LogP contribution in [0.3, 0.4) is 0 Å². The average Bonchev–Trinajstić information content (AvgIpc) is 3.07. The molecule has 4 aromatic carbocycles. The summed E-state index contributed by atoms with van der Waals surface area (Å²) in [5.74, 6) is -1.32. The number of nitrogens with zero attached hydrogens (tertiary/aromatic N) is 2. The van der Waals surface area contributed by atoms with Crippen LogP contribution in [0, 0.1) is 5.82 Å². The van der Waals surface area contributed by atoms with Gasteiger partial charge in [-0.1, -0.05) is 91.5 Å². The molecule has 1 saturated carbocycles. The summed E-state index contributed by atoms with van der Waals surface area (Å²) >= 11 is 6.12. The number of sulfonamides is 1. The maximum Gasteiger partial charge on any atom is 0.264 e. The van der Waals surface area contributed by atoms with E-state index in [-0.39, 0.29) is 35.5 Å². The number of halogens is 2. The maximum absolute atomic E-state index is 14.5. The summed E-state index contributed by atoms with van der Waals surface area (Å²) in [7, 11) is -4.21. The minimum Gasteiger partial charge on any atom is -0.352 e. The molecule has 1 aliphatic carbocycles. The van der Waals surface area contributed by atoms with Gasteiger partial charge in [0, 0.05) is 24.0 Å². The number of carbonyl (C=O) groups is 2. The summed E-state index contributed by atoms with van der Waals surface area (Å²) < 4.78 is 43.0. The molecule has 1 fully saturated rings. The highest BCUT2D eigenvalue weighted by atomic mass is 35.5. The third-order valence-corrected chi connectivity index (χ3v) is 10.3. The molecule has 0 spiro atoms. The van der Waals surface area contributed by atoms with Gasteiger partial charge in [0.25, 0.3) is 10.0 Å². The molecular weight excluding hydrogens is 625 g/mol. The van der Waals surface area contributed by atoms with E-state index in [1.807, 2.05) is 30.3 Å². The lowest BCUT2D eigenvalue weighted by atomic mass is 9.94. The lowest BCUT2D eigenvalue weighted by Gasteiger charge is -2.35. The topological polar surface area (TPSA) is 86.8 Å². The zero-order valence-electron chi connectivity index (χ0n) is 25.4. The van der Waals surface area contributed by atoms with E-state index in [4.69, 9.17) is 11.6 Å². The Balaban J connectivity index is 1.55. The fourth-order valence-corrected chi connectivity index (χ4v) is 7.30. The normalized spacial score (nSPS) is 14.3. The molecule has 0 aliphatic heterocycles. The molecule has 0 aromatic heterocycles. The minimum absolute atomic E-state index is 0.00804. The van der Waals surface area contributed by atoms with Crippen molar-refractivity contribution in [3.63, 3.8) is 0 Å². The Morgan fingerprint density at radius 3 is 2.04 bits per heavy atom. The van der Waals surface area contributed by atoms with Crippen LogP contribution in [0.15, 0.2) is 114 Å². The van der Waals surface area contributed by atoms with Crippen molar-refractivity contribution in [1.82, 2.24) is 10.2 Å². The predicted octanol–water partition coefficient (Wildman–Crippen LogP) is 6.76. The summed E-state index contributed by atoms with van der Waals surface area (Å²) in [5.41, 5.74) is 1.69. The fourth-order valence-electron chi connectivity index (χ4n) is 5.74. The van der Waals surface area contributed by atoms with Gasteiger partial charge >= 0.3 is 0 Å². The van der Waals surface area contributed by atoms with Crippen LogP contribution in [0.25, 0.3) is 0 Å². The number of rotatable bonds is 12. The van der Waals surface area contributed by atoms with Crippen molar-refractivity contribution in [2.24, 2.45) is 0 Å². The Kier molecular flexibility index (Phi) is 11.1. The standard InChI is InChI=1S/C36H37ClFN3O4S/c37-29-18-22-32(23-19-29)41(46(44,45)33-14-8-3-9-15-33)26-35(42)40(25-28-16-20-30(38)21-17-28)34(24-27-10-4-1-5-11-27)36(43)39-31-12-6-2-7-13-31/h1,3-5,8-11,14-23,31,34H,2,6-7,12-13,24-26H2,(H,39,43)/t34-/m0/s1. The monoisotopic (exact) mass is 661 g/mol. The molecule has 0 bridgehead atoms. The van der Waals surface area contributed by atoms with Gasteiger partial charge in [-0.25, -0.2) is 12.8 Å². The quantitative estimate of drug-likeness (QED) is 0.182. The van der Waals surface area contributed by atoms with Gasteiger partial charge in [-0.15, -0.1) is 0 Å². The molecule has 46 heavy (non-hydrogen) atoms. The Morgan fingerprint density at radius 2 is 1.41 bits per heavy atom. The number of hydrogen-bond acceptors (Lipinski definition) is 4. The van der Waals surface area contributed by atoms with E-state index in [1.54, 1.807) is 42.5 Å². The number of anilines is 1. The second-order valence-corrected chi connectivity index (χ2v) is 13.8. The largest absolute Gasteiger partial charge is 0.352 e. The Morgan fingerprint density at radius 1 is 0.804 bits per heavy atom. The third-order valence-electron chi connectivity index (χ3n) is 8.21. The van der Waals surface area contributed by atoms with Gasteiger partial charge in [0.1, 0.15) is 18.4 Å². The van der Waals surface area contributed by atoms with Crippen LogP contribution in [0.5, 0.6) is 0 Å². The van der Waals surface area contributed by atoms with Crippen LogP contribution < -0.4 is 9.62 Å². The van der Waals surface area contributed by atoms with E-state index in [0.717, 1.165) is 42.0 Å². The lowest BCUT2D eigenvalue weighted by Crippen LogP contribution is -2.55. The SMILES string of the molecule is O=C(NC1CCCCC1)[C@H](Cc1ccccc1)N(Cc1ccc(F)cc1)C(=O)CN(c1ccc(Cl)cc1)S(=O)(=O)c1ccccc1. The van der Waals surface area contributed by atoms with Gasteiger partial charge in [-0.3, -0.25) is 13.9 Å². The van der Waals surface area contributed by atoms with E-state index in [0.29, 0.717) is 10.6 Å². The summed E-state index contributed by atoms with van der Waals surface area (Å²) in [6.45, 7) is -0.614. The summed E-state index contributed by atoms with van der Waals surface area (Å²) in [4.78, 5) is 30.0. The summed E-state index contributed by atoms with van der Waals surface area (Å²) in [5, 5.41) is 3.59. The molecule has 240 valence electrons. The molecule has 1 N–H and O–H groups in total. The molecule has 0 radical (unpaired) electrons. The second kappa shape index (κ2) is 15.4. The zero-order chi connectivity index (χ0) is 32.5. The van der Waals surface area contributed by atoms with Gasteiger partial charge < -0.3 is 10.2 Å². The molecule has 5 rings (SSSR count). The van der Waals surface area contributed by atoms with Crippen molar-refractivity contribution in [3.05, 3.63) is 131 Å². The van der Waals surface area contributed by atoms with E-state index in [9.17, 15) is 22.4 Å². The Hall–Kier alpha value is -4.21. The minimum atomic E-state index is -4.21. The van der Waals surface area contributed by atoms with Crippen LogP contribution in [0.1, 0.15) is 43.2 Å². The van der Waals surface area contributed by atoms with E-state index in [2.05, 4.69) is 5.32 Å². The first-order valence-electron chi connectivity index (χ1n) is 15.4. The molecule has 10 heteroatoms. The molecule has 0 heterocycles. The van der Waals surface area contributed by atoms with Crippen LogP contribution >= 0.6 is 11.6 Å². The third kappa shape index (κ3) is 8.53. The smallest absolute Gasteiger partial charge is 0.264 e. The van der Waals surface area contributed by atoms with Crippen molar-refractivity contribution >= 4 is 39.1 Å². The molecule has 7 nitrogen and oxygen atoms in total. The first-order valence-corrected chi connectivity index (χ1v) is 17.2. The average molecular weight is 662 g/mol. The molecule has 2 amide bonds. The van der Waals surface area contributed by atoms with Crippen molar-refractivity contribution < 1.29 is 22.4 Å². The molecule has 1 aliphatic rings. The highest BCUT2D eigenvalue weighted by Crippen LogP contribution is 2.27. The van der Waals surface area contributed by atoms with Gasteiger partial charge in [-0.05, 0) is 72.5 Å². The van der Waals surface area contributed by atoms with Crippen LogP contribution in [-0.4, -0.2) is 43.8 Å². The first-order chi connectivity index (χ1) is 22.2. The first kappa shape index (κ1) is 33.2. The zero-order valence-corrected chi connectivity index (χ0v) is 27.0. The maximum atomic E-state index is 14.5. The highest BCUT2D eigenvalue weighted by molar-refractivity contribution is 7.92. The van der Waals surface area contributed by atoms with E-state index in [1.165, 1.54) is 41.3 Å². The van der Waals surface area contributed by atoms with Gasteiger partial charge in [0.2, 0.25) is 11.8 Å². The molecule has 4 aromatic rings. The van der Waals surface area contributed by atoms with E-state index < -0.39 is 34.3 Å². The number of benzene rings is 4. The van der Waals surface area contributed by atoms with E-state index >= 15 is 0 Å². The Bertz CT molecular complexity index is 1700. The van der Waals surface area contributed by atoms with Crippen LogP contribution in [-0.2, 0) is 32.6 Å². The molecule has 0 unspecified atom stereocenters. The number of amides is 2. The van der Waals surface area contributed by atoms with Crippen molar-refractivity contribution in [3.8, 4) is 0 Å². The predicted molar refractivity (Wildman–Crippen MR) is 178 cm³/mol. The van der Waals surface area contributed by atoms with Crippen molar-refractivity contribution in [2.75, 3.05) is 10.8 Å². The summed E-state index contributed by atoms with van der Waals surface area (Å²) in [6, 6.07) is 28.2. The molecule has 1 atom stereocenters. The molecule has 0 saturated heterocycles. The van der Waals surface area contributed by atoms with Gasteiger partial charge in [0.15, 0.2) is 0 Å². The Labute approximate surface area is 275 Å². The number of carbonyl (C=O) groups excluding carboxylic acids is 2. The lowest BCUT2D eigenvalue weighted by molar-refractivity contribution is -0.140. The van der Waals surface area contributed by atoms with Crippen molar-refractivity contribution in [2.45, 2.75) is 62.0 Å². The molecular formula is C36H37ClFN3O4S. The fraction of sp³-hybridized carbons (Fsp3) is 0.278. The summed E-state index contributed by atoms with van der Waals surface area (Å²) in [6.07, 6.45) is 5.06. The van der Waals surface area contributed by atoms with Crippen molar-refractivity contribution in [1.29, 1.82) is 0 Å². The van der Waals surface area contributed by atoms with Crippen LogP contribution in [0.4, 0.5) is 10.1 Å². The van der Waals surface area contributed by atoms with Crippen LogP contribution in [0.2, 0.25) is 5.02 Å².